The lowest BCUT2D eigenvalue weighted by molar-refractivity contribution is 0.363. The Kier molecular flexibility index (Phi) is 5.73. The molecule has 0 unspecified atom stereocenters. The zero-order valence-electron chi connectivity index (χ0n) is 9.58. The van der Waals surface area contributed by atoms with Gasteiger partial charge in [-0.25, -0.2) is 0 Å². The molecule has 0 aliphatic carbocycles. The Bertz CT molecular complexity index is 346. The monoisotopic (exact) mass is 236 g/mol. The molecule has 0 atom stereocenters. The molecule has 0 saturated heterocycles. The number of ether oxygens (including phenoxy) is 1. The van der Waals surface area contributed by atoms with Crippen LogP contribution in [0.1, 0.15) is 18.9 Å². The molecule has 86 valence electrons. The summed E-state index contributed by atoms with van der Waals surface area (Å²) in [5.41, 5.74) is 2.39. The van der Waals surface area contributed by atoms with Gasteiger partial charge in [-0.3, -0.25) is 0 Å². The first-order valence-electron chi connectivity index (χ1n) is 5.39. The highest BCUT2D eigenvalue weighted by atomic mass is 35.5. The smallest absolute Gasteiger partial charge is 0.119 e. The first kappa shape index (κ1) is 12.9. The highest BCUT2D eigenvalue weighted by Crippen LogP contribution is 2.16. The van der Waals surface area contributed by atoms with Crippen LogP contribution >= 0.6 is 11.6 Å². The van der Waals surface area contributed by atoms with Crippen LogP contribution in [-0.2, 0) is 0 Å². The van der Waals surface area contributed by atoms with Crippen molar-refractivity contribution < 1.29 is 4.74 Å². The molecule has 0 radical (unpaired) electrons. The van der Waals surface area contributed by atoms with Gasteiger partial charge in [0.1, 0.15) is 12.4 Å². The average Bonchev–Trinajstić information content (AvgIpc) is 2.35. The standard InChI is InChI=1S/C14H17ClO/c1-3-9-16-14-7-5-13(6-8-14)10-12(4-2)11-15/h3,5-8,10H,1,4,9,11H2,2H3. The Morgan fingerprint density at radius 3 is 2.56 bits per heavy atom. The molecule has 0 aromatic heterocycles. The Hall–Kier alpha value is -1.21. The summed E-state index contributed by atoms with van der Waals surface area (Å²) >= 11 is 5.81. The van der Waals surface area contributed by atoms with E-state index in [0.717, 1.165) is 17.7 Å². The zero-order valence-corrected chi connectivity index (χ0v) is 10.3. The topological polar surface area (TPSA) is 9.23 Å². The molecule has 1 aromatic carbocycles. The molecule has 0 spiro atoms. The third kappa shape index (κ3) is 4.11. The SMILES string of the molecule is C=CCOc1ccc(C=C(CC)CCl)cc1. The molecule has 1 rings (SSSR count). The highest BCUT2D eigenvalue weighted by molar-refractivity contribution is 6.19. The number of rotatable bonds is 6. The first-order chi connectivity index (χ1) is 7.80. The van der Waals surface area contributed by atoms with Gasteiger partial charge < -0.3 is 4.74 Å². The fourth-order valence-corrected chi connectivity index (χ4v) is 1.55. The molecule has 16 heavy (non-hydrogen) atoms. The summed E-state index contributed by atoms with van der Waals surface area (Å²) in [6.45, 7) is 6.25. The third-order valence-corrected chi connectivity index (χ3v) is 2.59. The quantitative estimate of drug-likeness (QED) is 0.529. The van der Waals surface area contributed by atoms with Gasteiger partial charge in [0.25, 0.3) is 0 Å². The normalized spacial score (nSPS) is 11.2. The van der Waals surface area contributed by atoms with Crippen molar-refractivity contribution in [1.29, 1.82) is 0 Å². The van der Waals surface area contributed by atoms with Crippen LogP contribution in [0.5, 0.6) is 5.75 Å². The molecule has 1 aromatic rings. The van der Waals surface area contributed by atoms with E-state index >= 15 is 0 Å². The molecule has 0 aliphatic rings. The van der Waals surface area contributed by atoms with Gasteiger partial charge in [-0.2, -0.15) is 0 Å². The van der Waals surface area contributed by atoms with E-state index in [2.05, 4.69) is 19.6 Å². The molecular formula is C14H17ClO. The van der Waals surface area contributed by atoms with Gasteiger partial charge in [-0.05, 0) is 24.1 Å². The second-order valence-corrected chi connectivity index (χ2v) is 3.73. The summed E-state index contributed by atoms with van der Waals surface area (Å²) in [6, 6.07) is 7.97. The summed E-state index contributed by atoms with van der Waals surface area (Å²) < 4.78 is 5.40. The van der Waals surface area contributed by atoms with Crippen LogP contribution in [0, 0.1) is 0 Å². The number of allylic oxidation sites excluding steroid dienone is 1. The minimum atomic E-state index is 0.539. The van der Waals surface area contributed by atoms with Crippen LogP contribution in [0.25, 0.3) is 6.08 Å². The zero-order chi connectivity index (χ0) is 11.8. The molecule has 0 aliphatic heterocycles. The van der Waals surface area contributed by atoms with Crippen molar-refractivity contribution in [3.63, 3.8) is 0 Å². The van der Waals surface area contributed by atoms with Gasteiger partial charge in [-0.1, -0.05) is 43.4 Å². The Labute approximate surface area is 102 Å². The molecule has 1 nitrogen and oxygen atoms in total. The summed E-state index contributed by atoms with van der Waals surface area (Å²) in [5, 5.41) is 0. The van der Waals surface area contributed by atoms with E-state index in [1.165, 1.54) is 5.57 Å². The first-order valence-corrected chi connectivity index (χ1v) is 5.92. The van der Waals surface area contributed by atoms with E-state index in [9.17, 15) is 0 Å². The largest absolute Gasteiger partial charge is 0.490 e. The van der Waals surface area contributed by atoms with Gasteiger partial charge in [0.15, 0.2) is 0 Å². The van der Waals surface area contributed by atoms with Gasteiger partial charge in [0.05, 0.1) is 0 Å². The number of hydrogen-bond acceptors (Lipinski definition) is 1. The van der Waals surface area contributed by atoms with E-state index in [1.807, 2.05) is 24.3 Å². The fourth-order valence-electron chi connectivity index (χ4n) is 1.29. The maximum absolute atomic E-state index is 5.81. The summed E-state index contributed by atoms with van der Waals surface area (Å²) in [7, 11) is 0. The minimum absolute atomic E-state index is 0.539. The average molecular weight is 237 g/mol. The maximum atomic E-state index is 5.81. The maximum Gasteiger partial charge on any atom is 0.119 e. The van der Waals surface area contributed by atoms with Crippen molar-refractivity contribution >= 4 is 17.7 Å². The predicted octanol–water partition coefficient (Wildman–Crippen LogP) is 4.28. The van der Waals surface area contributed by atoms with Crippen LogP contribution in [-0.4, -0.2) is 12.5 Å². The molecule has 0 amide bonds. The summed E-state index contributed by atoms with van der Waals surface area (Å²) in [5.74, 6) is 1.45. The van der Waals surface area contributed by atoms with E-state index in [-0.39, 0.29) is 0 Å². The lowest BCUT2D eigenvalue weighted by Gasteiger charge is -2.04. The van der Waals surface area contributed by atoms with Crippen molar-refractivity contribution in [3.8, 4) is 5.75 Å². The summed E-state index contributed by atoms with van der Waals surface area (Å²) in [6.07, 6.45) is 4.83. The van der Waals surface area contributed by atoms with Gasteiger partial charge in [-0.15, -0.1) is 11.6 Å². The van der Waals surface area contributed by atoms with E-state index in [1.54, 1.807) is 6.08 Å². The molecule has 2 heteroatoms. The van der Waals surface area contributed by atoms with Crippen molar-refractivity contribution in [2.75, 3.05) is 12.5 Å². The van der Waals surface area contributed by atoms with Crippen LogP contribution in [0.4, 0.5) is 0 Å². The number of hydrogen-bond donors (Lipinski definition) is 0. The lowest BCUT2D eigenvalue weighted by Crippen LogP contribution is -1.92. The highest BCUT2D eigenvalue weighted by Gasteiger charge is 1.95. The van der Waals surface area contributed by atoms with Crippen molar-refractivity contribution in [2.45, 2.75) is 13.3 Å². The van der Waals surface area contributed by atoms with Crippen molar-refractivity contribution in [1.82, 2.24) is 0 Å². The molecule has 0 bridgehead atoms. The van der Waals surface area contributed by atoms with E-state index in [4.69, 9.17) is 16.3 Å². The van der Waals surface area contributed by atoms with E-state index in [0.29, 0.717) is 12.5 Å². The number of alkyl halides is 1. The molecule has 0 fully saturated rings. The van der Waals surface area contributed by atoms with Gasteiger partial charge >= 0.3 is 0 Å². The molecular weight excluding hydrogens is 220 g/mol. The van der Waals surface area contributed by atoms with Crippen LogP contribution in [0.15, 0.2) is 42.5 Å². The van der Waals surface area contributed by atoms with Crippen LogP contribution < -0.4 is 4.74 Å². The minimum Gasteiger partial charge on any atom is -0.490 e. The molecule has 0 N–H and O–H groups in total. The second-order valence-electron chi connectivity index (χ2n) is 3.46. The van der Waals surface area contributed by atoms with E-state index < -0.39 is 0 Å². The van der Waals surface area contributed by atoms with Crippen molar-refractivity contribution in [2.24, 2.45) is 0 Å². The lowest BCUT2D eigenvalue weighted by atomic mass is 10.1. The number of benzene rings is 1. The molecule has 0 heterocycles. The Morgan fingerprint density at radius 1 is 1.38 bits per heavy atom. The summed E-state index contributed by atoms with van der Waals surface area (Å²) in [4.78, 5) is 0. The molecule has 0 saturated carbocycles. The Morgan fingerprint density at radius 2 is 2.06 bits per heavy atom. The van der Waals surface area contributed by atoms with Gasteiger partial charge in [0, 0.05) is 5.88 Å². The Balaban J connectivity index is 2.70. The predicted molar refractivity (Wildman–Crippen MR) is 71.1 cm³/mol. The second kappa shape index (κ2) is 7.13. The third-order valence-electron chi connectivity index (χ3n) is 2.24. The number of halogens is 1. The fraction of sp³-hybridized carbons (Fsp3) is 0.286. The van der Waals surface area contributed by atoms with Crippen molar-refractivity contribution in [3.05, 3.63) is 48.1 Å². The van der Waals surface area contributed by atoms with Gasteiger partial charge in [0.2, 0.25) is 0 Å². The van der Waals surface area contributed by atoms with Crippen LogP contribution in [0.3, 0.4) is 0 Å². The van der Waals surface area contributed by atoms with Crippen LogP contribution in [0.2, 0.25) is 0 Å².